The van der Waals surface area contributed by atoms with E-state index < -0.39 is 0 Å². The third kappa shape index (κ3) is 37.3. The lowest BCUT2D eigenvalue weighted by atomic mass is 10.0. The Labute approximate surface area is 240 Å². The van der Waals surface area contributed by atoms with Gasteiger partial charge >= 0.3 is 0 Å². The van der Waals surface area contributed by atoms with Crippen molar-refractivity contribution in [3.63, 3.8) is 0 Å². The van der Waals surface area contributed by atoms with E-state index in [1.54, 1.807) is 0 Å². The molecule has 39 heavy (non-hydrogen) atoms. The molecule has 0 aliphatic rings. The van der Waals surface area contributed by atoms with E-state index >= 15 is 0 Å². The minimum Gasteiger partial charge on any atom is -0.499 e. The summed E-state index contributed by atoms with van der Waals surface area (Å²) in [6.45, 7) is 14.4. The summed E-state index contributed by atoms with van der Waals surface area (Å²) in [6, 6.07) is 0. The fraction of sp³-hybridized carbons (Fsp3) is 0.935. The molecule has 0 aromatic rings. The van der Waals surface area contributed by atoms with Crippen LogP contribution in [-0.2, 0) is 37.9 Å². The maximum atomic E-state index is 5.66. The molecule has 0 N–H and O–H groups in total. The Morgan fingerprint density at radius 3 is 0.897 bits per heavy atom. The van der Waals surface area contributed by atoms with E-state index in [2.05, 4.69) is 13.5 Å². The van der Waals surface area contributed by atoms with E-state index in [1.807, 2.05) is 0 Å². The summed E-state index contributed by atoms with van der Waals surface area (Å²) in [5.74, 6) is 0. The van der Waals surface area contributed by atoms with Gasteiger partial charge in [-0.15, -0.1) is 0 Å². The molecule has 0 spiro atoms. The molecule has 0 aliphatic heterocycles. The van der Waals surface area contributed by atoms with Gasteiger partial charge in [0.1, 0.15) is 6.61 Å². The first-order chi connectivity index (χ1) is 19.4. The Hall–Kier alpha value is -0.740. The van der Waals surface area contributed by atoms with Crippen molar-refractivity contribution < 1.29 is 37.9 Å². The van der Waals surface area contributed by atoms with Gasteiger partial charge in [0.25, 0.3) is 0 Å². The van der Waals surface area contributed by atoms with Crippen molar-refractivity contribution >= 4 is 0 Å². The molecular weight excluding hydrogens is 500 g/mol. The van der Waals surface area contributed by atoms with Crippen LogP contribution in [0.25, 0.3) is 0 Å². The molecule has 0 rings (SSSR count). The van der Waals surface area contributed by atoms with Crippen LogP contribution in [0.1, 0.15) is 90.4 Å². The summed E-state index contributed by atoms with van der Waals surface area (Å²) < 4.78 is 43.3. The summed E-state index contributed by atoms with van der Waals surface area (Å²) in [5.41, 5.74) is 0. The molecule has 0 unspecified atom stereocenters. The number of ether oxygens (including phenoxy) is 8. The van der Waals surface area contributed by atoms with Crippen molar-refractivity contribution in [1.29, 1.82) is 0 Å². The van der Waals surface area contributed by atoms with Gasteiger partial charge in [-0.05, 0) is 6.42 Å². The predicted molar refractivity (Wildman–Crippen MR) is 158 cm³/mol. The van der Waals surface area contributed by atoms with Crippen LogP contribution in [0.4, 0.5) is 0 Å². The lowest BCUT2D eigenvalue weighted by Crippen LogP contribution is -2.14. The van der Waals surface area contributed by atoms with Gasteiger partial charge in [-0.25, -0.2) is 0 Å². The van der Waals surface area contributed by atoms with Crippen LogP contribution in [0.2, 0.25) is 0 Å². The zero-order valence-electron chi connectivity index (χ0n) is 25.3. The van der Waals surface area contributed by atoms with Crippen molar-refractivity contribution in [2.45, 2.75) is 90.4 Å². The van der Waals surface area contributed by atoms with Crippen molar-refractivity contribution in [2.75, 3.05) is 99.1 Å². The molecule has 0 aliphatic carbocycles. The van der Waals surface area contributed by atoms with E-state index in [1.165, 1.54) is 83.3 Å². The molecule has 0 heterocycles. The molecule has 0 bridgehead atoms. The Morgan fingerprint density at radius 2 is 0.590 bits per heavy atom. The van der Waals surface area contributed by atoms with Crippen molar-refractivity contribution in [3.8, 4) is 0 Å². The Balaban J connectivity index is 3.02. The fourth-order valence-electron chi connectivity index (χ4n) is 3.83. The first-order valence-electron chi connectivity index (χ1n) is 15.7. The van der Waals surface area contributed by atoms with Crippen LogP contribution in [0.15, 0.2) is 12.8 Å². The molecule has 0 aromatic carbocycles. The van der Waals surface area contributed by atoms with Crippen LogP contribution >= 0.6 is 0 Å². The highest BCUT2D eigenvalue weighted by molar-refractivity contribution is 4.49. The molecule has 8 heteroatoms. The van der Waals surface area contributed by atoms with Gasteiger partial charge in [-0.1, -0.05) is 90.6 Å². The Morgan fingerprint density at radius 1 is 0.333 bits per heavy atom. The van der Waals surface area contributed by atoms with E-state index in [-0.39, 0.29) is 0 Å². The Bertz CT molecular complexity index is 439. The largest absolute Gasteiger partial charge is 0.499 e. The third-order valence-electron chi connectivity index (χ3n) is 6.09. The molecule has 0 radical (unpaired) electrons. The normalized spacial score (nSPS) is 11.3. The van der Waals surface area contributed by atoms with Gasteiger partial charge in [0.2, 0.25) is 0 Å². The summed E-state index contributed by atoms with van der Waals surface area (Å²) >= 11 is 0. The molecule has 0 amide bonds. The highest BCUT2D eigenvalue weighted by Gasteiger charge is 1.96. The van der Waals surface area contributed by atoms with E-state index in [0.29, 0.717) is 92.5 Å². The molecule has 0 aromatic heterocycles. The summed E-state index contributed by atoms with van der Waals surface area (Å²) in [7, 11) is 0. The highest BCUT2D eigenvalue weighted by Crippen LogP contribution is 2.12. The van der Waals surface area contributed by atoms with Gasteiger partial charge in [0.15, 0.2) is 0 Å². The van der Waals surface area contributed by atoms with Gasteiger partial charge in [-0.2, -0.15) is 0 Å². The quantitative estimate of drug-likeness (QED) is 0.0646. The third-order valence-corrected chi connectivity index (χ3v) is 6.09. The van der Waals surface area contributed by atoms with Crippen molar-refractivity contribution in [2.24, 2.45) is 0 Å². The van der Waals surface area contributed by atoms with E-state index in [0.717, 1.165) is 13.0 Å². The average Bonchev–Trinajstić information content (AvgIpc) is 2.95. The van der Waals surface area contributed by atoms with Crippen LogP contribution in [-0.4, -0.2) is 99.1 Å². The zero-order valence-corrected chi connectivity index (χ0v) is 25.3. The maximum absolute atomic E-state index is 5.66. The van der Waals surface area contributed by atoms with Crippen LogP contribution in [0.5, 0.6) is 0 Å². The predicted octanol–water partition coefficient (Wildman–Crippen LogP) is 6.35. The van der Waals surface area contributed by atoms with E-state index in [9.17, 15) is 0 Å². The number of hydrogen-bond donors (Lipinski definition) is 0. The standard InChI is InChI=1S/C31H62O8/c1-3-5-6-7-8-9-10-11-12-13-14-15-16-17-33-20-21-35-24-25-37-28-29-39-31-30-38-27-26-36-23-22-34-19-18-32-4-2/h4H,2-3,5-31H2,1H3. The van der Waals surface area contributed by atoms with E-state index in [4.69, 9.17) is 37.9 Å². The van der Waals surface area contributed by atoms with Gasteiger partial charge in [0, 0.05) is 6.61 Å². The van der Waals surface area contributed by atoms with Gasteiger partial charge in [0.05, 0.1) is 92.2 Å². The smallest absolute Gasteiger partial charge is 0.111 e. The first kappa shape index (κ1) is 38.3. The van der Waals surface area contributed by atoms with Crippen LogP contribution < -0.4 is 0 Å². The lowest BCUT2D eigenvalue weighted by Gasteiger charge is -2.08. The second-order valence-corrected chi connectivity index (χ2v) is 9.57. The molecule has 0 atom stereocenters. The average molecular weight is 563 g/mol. The van der Waals surface area contributed by atoms with Gasteiger partial charge < -0.3 is 37.9 Å². The van der Waals surface area contributed by atoms with Gasteiger partial charge in [-0.3, -0.25) is 0 Å². The minimum absolute atomic E-state index is 0.514. The number of rotatable bonds is 36. The van der Waals surface area contributed by atoms with Crippen molar-refractivity contribution in [1.82, 2.24) is 0 Å². The zero-order chi connectivity index (χ0) is 28.2. The molecule has 0 fully saturated rings. The molecule has 0 saturated heterocycles. The second-order valence-electron chi connectivity index (χ2n) is 9.57. The Kier molecular flexibility index (Phi) is 36.6. The lowest BCUT2D eigenvalue weighted by molar-refractivity contribution is -0.0217. The fourth-order valence-corrected chi connectivity index (χ4v) is 3.83. The molecule has 234 valence electrons. The summed E-state index contributed by atoms with van der Waals surface area (Å²) in [4.78, 5) is 0. The molecule has 8 nitrogen and oxygen atoms in total. The first-order valence-corrected chi connectivity index (χ1v) is 15.7. The maximum Gasteiger partial charge on any atom is 0.111 e. The van der Waals surface area contributed by atoms with Crippen LogP contribution in [0, 0.1) is 0 Å². The second kappa shape index (κ2) is 37.3. The number of unbranched alkanes of at least 4 members (excludes halogenated alkanes) is 12. The minimum atomic E-state index is 0.514. The number of hydrogen-bond acceptors (Lipinski definition) is 8. The summed E-state index contributed by atoms with van der Waals surface area (Å²) in [6.07, 6.45) is 19.3. The highest BCUT2D eigenvalue weighted by atomic mass is 16.6. The van der Waals surface area contributed by atoms with Crippen molar-refractivity contribution in [3.05, 3.63) is 12.8 Å². The molecule has 0 saturated carbocycles. The van der Waals surface area contributed by atoms with Crippen LogP contribution in [0.3, 0.4) is 0 Å². The topological polar surface area (TPSA) is 73.8 Å². The summed E-state index contributed by atoms with van der Waals surface area (Å²) in [5, 5.41) is 0. The molecular formula is C31H62O8. The SMILES string of the molecule is C=COCCOCCOCCOCCOCCOCCOCCOCCCCCCCCCCCCCCC. The monoisotopic (exact) mass is 562 g/mol.